The average molecular weight is 228 g/mol. The molecule has 0 aliphatic heterocycles. The van der Waals surface area contributed by atoms with Gasteiger partial charge in [-0.05, 0) is 17.7 Å². The van der Waals surface area contributed by atoms with E-state index in [4.69, 9.17) is 0 Å². The van der Waals surface area contributed by atoms with Gasteiger partial charge in [-0.25, -0.2) is 0 Å². The van der Waals surface area contributed by atoms with Crippen molar-refractivity contribution in [1.29, 1.82) is 0 Å². The maximum absolute atomic E-state index is 11.7. The number of benzene rings is 1. The van der Waals surface area contributed by atoms with Crippen molar-refractivity contribution in [1.82, 2.24) is 0 Å². The first-order valence-electron chi connectivity index (χ1n) is 6.12. The van der Waals surface area contributed by atoms with E-state index in [1.54, 1.807) is 0 Å². The quantitative estimate of drug-likeness (QED) is 0.724. The summed E-state index contributed by atoms with van der Waals surface area (Å²) >= 11 is 0. The molecule has 17 heavy (non-hydrogen) atoms. The van der Waals surface area contributed by atoms with Crippen LogP contribution in [-0.4, -0.2) is 5.78 Å². The average Bonchev–Trinajstić information content (AvgIpc) is 2.26. The lowest BCUT2D eigenvalue weighted by atomic mass is 10.00. The summed E-state index contributed by atoms with van der Waals surface area (Å²) in [5, 5.41) is 0. The molecular weight excluding hydrogens is 208 g/mol. The molecule has 0 aliphatic carbocycles. The zero-order chi connectivity index (χ0) is 12.8. The van der Waals surface area contributed by atoms with Gasteiger partial charge in [0.25, 0.3) is 0 Å². The van der Waals surface area contributed by atoms with Crippen LogP contribution in [-0.2, 0) is 11.2 Å². The van der Waals surface area contributed by atoms with E-state index in [9.17, 15) is 4.79 Å². The number of carbonyl (C=O) groups is 1. The molecule has 1 nitrogen and oxygen atoms in total. The van der Waals surface area contributed by atoms with Crippen molar-refractivity contribution in [2.75, 3.05) is 0 Å². The molecule has 0 spiro atoms. The Kier molecular flexibility index (Phi) is 4.97. The highest BCUT2D eigenvalue weighted by atomic mass is 16.1. The molecular formula is C16H20O. The summed E-state index contributed by atoms with van der Waals surface area (Å²) in [6.45, 7) is 8.01. The topological polar surface area (TPSA) is 17.1 Å². The van der Waals surface area contributed by atoms with Crippen molar-refractivity contribution < 1.29 is 4.79 Å². The molecule has 90 valence electrons. The Balaban J connectivity index is 2.80. The summed E-state index contributed by atoms with van der Waals surface area (Å²) in [7, 11) is 0. The first-order valence-corrected chi connectivity index (χ1v) is 6.12. The molecule has 1 aromatic rings. The molecule has 0 N–H and O–H groups in total. The summed E-state index contributed by atoms with van der Waals surface area (Å²) in [5.41, 5.74) is 2.05. The second-order valence-electron chi connectivity index (χ2n) is 4.92. The molecule has 1 aromatic carbocycles. The third kappa shape index (κ3) is 4.87. The van der Waals surface area contributed by atoms with E-state index in [1.165, 1.54) is 0 Å². The molecule has 0 aliphatic rings. The largest absolute Gasteiger partial charge is 0.299 e. The fraction of sp³-hybridized carbons (Fsp3) is 0.438. The number of hydrogen-bond acceptors (Lipinski definition) is 1. The van der Waals surface area contributed by atoms with Gasteiger partial charge >= 0.3 is 0 Å². The Labute approximate surface area is 104 Å². The molecule has 0 aromatic heterocycles. The van der Waals surface area contributed by atoms with E-state index < -0.39 is 0 Å². The summed E-state index contributed by atoms with van der Waals surface area (Å²) in [5.74, 6) is 7.00. The number of carbonyl (C=O) groups excluding carboxylic acids is 1. The highest BCUT2D eigenvalue weighted by Crippen LogP contribution is 2.08. The van der Waals surface area contributed by atoms with Crippen LogP contribution in [0.3, 0.4) is 0 Å². The van der Waals surface area contributed by atoms with E-state index in [2.05, 4.69) is 25.7 Å². The third-order valence-electron chi connectivity index (χ3n) is 2.45. The molecule has 0 fully saturated rings. The summed E-state index contributed by atoms with van der Waals surface area (Å²) in [6, 6.07) is 7.95. The number of ketones is 1. The third-order valence-corrected chi connectivity index (χ3v) is 2.45. The normalized spacial score (nSPS) is 10.2. The van der Waals surface area contributed by atoms with Gasteiger partial charge in [0.05, 0.1) is 0 Å². The van der Waals surface area contributed by atoms with Crippen LogP contribution in [0.4, 0.5) is 0 Å². The van der Waals surface area contributed by atoms with E-state index in [1.807, 2.05) is 38.1 Å². The van der Waals surface area contributed by atoms with Crippen molar-refractivity contribution in [2.45, 2.75) is 34.1 Å². The van der Waals surface area contributed by atoms with Gasteiger partial charge in [-0.3, -0.25) is 4.79 Å². The molecule has 0 radical (unpaired) electrons. The fourth-order valence-electron chi connectivity index (χ4n) is 1.39. The number of rotatable bonds is 3. The molecule has 0 saturated carbocycles. The predicted octanol–water partition coefficient (Wildman–Crippen LogP) is 3.46. The van der Waals surface area contributed by atoms with Crippen LogP contribution in [0.25, 0.3) is 0 Å². The molecule has 0 amide bonds. The van der Waals surface area contributed by atoms with Crippen molar-refractivity contribution >= 4 is 5.78 Å². The van der Waals surface area contributed by atoms with Gasteiger partial charge < -0.3 is 0 Å². The van der Waals surface area contributed by atoms with Crippen LogP contribution in [0.15, 0.2) is 24.3 Å². The van der Waals surface area contributed by atoms with E-state index in [0.717, 1.165) is 11.1 Å². The summed E-state index contributed by atoms with van der Waals surface area (Å²) in [6.07, 6.45) is 0.509. The van der Waals surface area contributed by atoms with Gasteiger partial charge in [0.15, 0.2) is 0 Å². The fourth-order valence-corrected chi connectivity index (χ4v) is 1.39. The van der Waals surface area contributed by atoms with Crippen LogP contribution in [0.2, 0.25) is 0 Å². The van der Waals surface area contributed by atoms with Crippen LogP contribution in [0.5, 0.6) is 0 Å². The zero-order valence-corrected chi connectivity index (χ0v) is 11.1. The Morgan fingerprint density at radius 2 is 1.94 bits per heavy atom. The molecule has 1 rings (SSSR count). The monoisotopic (exact) mass is 228 g/mol. The van der Waals surface area contributed by atoms with Crippen LogP contribution in [0.1, 0.15) is 38.8 Å². The lowest BCUT2D eigenvalue weighted by Gasteiger charge is -2.04. The van der Waals surface area contributed by atoms with Gasteiger partial charge in [0.1, 0.15) is 5.78 Å². The minimum absolute atomic E-state index is 0.0976. The van der Waals surface area contributed by atoms with Gasteiger partial charge in [0, 0.05) is 23.8 Å². The predicted molar refractivity (Wildman–Crippen MR) is 71.7 cm³/mol. The second-order valence-corrected chi connectivity index (χ2v) is 4.92. The highest BCUT2D eigenvalue weighted by Gasteiger charge is 2.07. The van der Waals surface area contributed by atoms with E-state index >= 15 is 0 Å². The first kappa shape index (κ1) is 13.5. The van der Waals surface area contributed by atoms with Crippen LogP contribution < -0.4 is 0 Å². The molecule has 0 heterocycles. The van der Waals surface area contributed by atoms with E-state index in [0.29, 0.717) is 12.3 Å². The maximum atomic E-state index is 11.7. The minimum Gasteiger partial charge on any atom is -0.299 e. The molecule has 0 unspecified atom stereocenters. The lowest BCUT2D eigenvalue weighted by Crippen LogP contribution is -2.10. The van der Waals surface area contributed by atoms with Crippen LogP contribution in [0, 0.1) is 23.7 Å². The van der Waals surface area contributed by atoms with Gasteiger partial charge in [-0.15, -0.1) is 0 Å². The second kappa shape index (κ2) is 6.25. The van der Waals surface area contributed by atoms with Crippen molar-refractivity contribution in [3.63, 3.8) is 0 Å². The van der Waals surface area contributed by atoms with E-state index in [-0.39, 0.29) is 11.7 Å². The van der Waals surface area contributed by atoms with Crippen LogP contribution >= 0.6 is 0 Å². The standard InChI is InChI=1S/C16H20O/c1-12(2)8-9-14-6-5-7-15(10-14)11-16(17)13(3)4/h5-7,10,12-13H,11H2,1-4H3. The Morgan fingerprint density at radius 3 is 2.53 bits per heavy atom. The van der Waals surface area contributed by atoms with Gasteiger partial charge in [-0.1, -0.05) is 51.7 Å². The Morgan fingerprint density at radius 1 is 1.24 bits per heavy atom. The summed E-state index contributed by atoms with van der Waals surface area (Å²) < 4.78 is 0. The number of Topliss-reactive ketones (excluding diaryl/α,β-unsaturated/α-hetero) is 1. The van der Waals surface area contributed by atoms with Gasteiger partial charge in [0.2, 0.25) is 0 Å². The minimum atomic E-state index is 0.0976. The molecule has 1 heteroatoms. The Hall–Kier alpha value is -1.55. The molecule has 0 atom stereocenters. The smallest absolute Gasteiger partial charge is 0.139 e. The van der Waals surface area contributed by atoms with Crippen molar-refractivity contribution in [3.8, 4) is 11.8 Å². The summed E-state index contributed by atoms with van der Waals surface area (Å²) in [4.78, 5) is 11.7. The number of hydrogen-bond donors (Lipinski definition) is 0. The SMILES string of the molecule is CC(C)C#Cc1cccc(CC(=O)C(C)C)c1. The highest BCUT2D eigenvalue weighted by molar-refractivity contribution is 5.82. The zero-order valence-electron chi connectivity index (χ0n) is 11.1. The van der Waals surface area contributed by atoms with Crippen molar-refractivity contribution in [3.05, 3.63) is 35.4 Å². The molecule has 0 saturated heterocycles. The van der Waals surface area contributed by atoms with Gasteiger partial charge in [-0.2, -0.15) is 0 Å². The maximum Gasteiger partial charge on any atom is 0.139 e. The first-order chi connectivity index (χ1) is 7.99. The lowest BCUT2D eigenvalue weighted by molar-refractivity contribution is -0.121. The molecule has 0 bridgehead atoms. The Bertz CT molecular complexity index is 444. The van der Waals surface area contributed by atoms with Crippen molar-refractivity contribution in [2.24, 2.45) is 11.8 Å².